The maximum atomic E-state index is 4.97. The third-order valence-electron chi connectivity index (χ3n) is 6.25. The fraction of sp³-hybridized carbons (Fsp3) is 0.320. The van der Waals surface area contributed by atoms with Crippen molar-refractivity contribution in [2.45, 2.75) is 46.5 Å². The Hall–Kier alpha value is -0.893. The van der Waals surface area contributed by atoms with Crippen molar-refractivity contribution in [2.24, 2.45) is 0 Å². The van der Waals surface area contributed by atoms with Crippen molar-refractivity contribution in [3.63, 3.8) is 0 Å². The normalized spacial score (nSPS) is 21.1. The molecule has 0 fully saturated rings. The fourth-order valence-corrected chi connectivity index (χ4v) is 15.1. The minimum absolute atomic E-state index is 0.607. The Kier molecular flexibility index (Phi) is 5.18. The van der Waals surface area contributed by atoms with E-state index in [2.05, 4.69) is 100.0 Å². The molecule has 3 heteroatoms. The van der Waals surface area contributed by atoms with Gasteiger partial charge in [-0.15, -0.1) is 0 Å². The van der Waals surface area contributed by atoms with Crippen LogP contribution in [0, 0.1) is 0 Å². The number of rotatable bonds is 4. The van der Waals surface area contributed by atoms with Gasteiger partial charge in [-0.05, 0) is 0 Å². The molecular formula is C25H32Si2Zr. The molecule has 2 aromatic rings. The first-order chi connectivity index (χ1) is 13.1. The first kappa shape index (κ1) is 20.4. The summed E-state index contributed by atoms with van der Waals surface area (Å²) in [5.41, 5.74) is 6.23. The number of fused-ring (bicyclic) bond motifs is 2. The molecule has 0 heterocycles. The Morgan fingerprint density at radius 1 is 0.643 bits per heavy atom. The van der Waals surface area contributed by atoms with Crippen LogP contribution in [0.3, 0.4) is 0 Å². The van der Waals surface area contributed by atoms with Gasteiger partial charge in [0.15, 0.2) is 0 Å². The predicted octanol–water partition coefficient (Wildman–Crippen LogP) is 7.07. The quantitative estimate of drug-likeness (QED) is 0.411. The molecule has 4 rings (SSSR count). The summed E-state index contributed by atoms with van der Waals surface area (Å²) >= 11 is -2.06. The van der Waals surface area contributed by atoms with Crippen LogP contribution >= 0.6 is 0 Å². The van der Waals surface area contributed by atoms with Gasteiger partial charge in [0.25, 0.3) is 0 Å². The fourth-order valence-electron chi connectivity index (χ4n) is 4.83. The zero-order valence-corrected chi connectivity index (χ0v) is 22.6. The van der Waals surface area contributed by atoms with Crippen molar-refractivity contribution >= 4 is 30.8 Å². The van der Waals surface area contributed by atoms with Crippen molar-refractivity contribution in [2.75, 3.05) is 0 Å². The molecule has 0 amide bonds. The van der Waals surface area contributed by atoms with E-state index in [0.717, 1.165) is 0 Å². The van der Waals surface area contributed by atoms with E-state index in [9.17, 15) is 0 Å². The van der Waals surface area contributed by atoms with Gasteiger partial charge < -0.3 is 0 Å². The zero-order chi connectivity index (χ0) is 20.3. The molecule has 0 radical (unpaired) electrons. The van der Waals surface area contributed by atoms with Crippen LogP contribution in [0.1, 0.15) is 29.5 Å². The summed E-state index contributed by atoms with van der Waals surface area (Å²) in [6.07, 6.45) is 5.34. The van der Waals surface area contributed by atoms with Crippen LogP contribution in [0.5, 0.6) is 0 Å². The summed E-state index contributed by atoms with van der Waals surface area (Å²) in [4.78, 5) is 0. The third kappa shape index (κ3) is 3.44. The van der Waals surface area contributed by atoms with Crippen molar-refractivity contribution < 1.29 is 21.3 Å². The summed E-state index contributed by atoms with van der Waals surface area (Å²) in [5, 5.41) is 3.33. The SMILES string of the molecule is [CH2]=[Zr]([CH]1C=C([Si](C)(C)C)c2ccccc21)[CH]1C=C([Si](C)(C)C)c2ccccc21. The molecule has 0 saturated heterocycles. The Balaban J connectivity index is 1.81. The molecule has 2 aromatic carbocycles. The monoisotopic (exact) mass is 478 g/mol. The Morgan fingerprint density at radius 3 is 1.36 bits per heavy atom. The topological polar surface area (TPSA) is 0 Å². The van der Waals surface area contributed by atoms with E-state index in [1.165, 1.54) is 11.1 Å². The second kappa shape index (κ2) is 7.11. The summed E-state index contributed by atoms with van der Waals surface area (Å²) in [7, 11) is -2.72. The summed E-state index contributed by atoms with van der Waals surface area (Å²) in [5.74, 6) is 0. The molecule has 0 N–H and O–H groups in total. The molecule has 0 bridgehead atoms. The molecule has 0 aromatic heterocycles. The van der Waals surface area contributed by atoms with E-state index in [1.54, 1.807) is 21.5 Å². The predicted molar refractivity (Wildman–Crippen MR) is 128 cm³/mol. The van der Waals surface area contributed by atoms with Gasteiger partial charge in [-0.2, -0.15) is 0 Å². The molecule has 0 saturated carbocycles. The second-order valence-electron chi connectivity index (χ2n) is 10.4. The molecule has 0 nitrogen and oxygen atoms in total. The summed E-state index contributed by atoms with van der Waals surface area (Å²) < 4.78 is 6.19. The number of hydrogen-bond donors (Lipinski definition) is 0. The molecule has 2 atom stereocenters. The average Bonchev–Trinajstić information content (AvgIpc) is 3.20. The van der Waals surface area contributed by atoms with Crippen molar-refractivity contribution in [1.82, 2.24) is 0 Å². The Bertz CT molecular complexity index is 934. The third-order valence-corrected chi connectivity index (χ3v) is 16.6. The van der Waals surface area contributed by atoms with Crippen LogP contribution in [-0.4, -0.2) is 20.4 Å². The van der Waals surface area contributed by atoms with Crippen molar-refractivity contribution in [3.05, 3.63) is 82.9 Å². The van der Waals surface area contributed by atoms with E-state index in [1.807, 2.05) is 0 Å². The van der Waals surface area contributed by atoms with E-state index in [4.69, 9.17) is 4.21 Å². The standard InChI is InChI=1S/2C12H15Si.CH2.Zr/c2*1-13(2,3)12-9-8-10-6-4-5-7-11(10)12;;/h2*4-9H,1-3H3;1H2;. The molecule has 28 heavy (non-hydrogen) atoms. The Morgan fingerprint density at radius 2 is 1.00 bits per heavy atom. The molecule has 2 aliphatic rings. The van der Waals surface area contributed by atoms with Crippen molar-refractivity contribution in [3.8, 4) is 0 Å². The Labute approximate surface area is 180 Å². The average molecular weight is 480 g/mol. The van der Waals surface area contributed by atoms with E-state index < -0.39 is 37.4 Å². The summed E-state index contributed by atoms with van der Waals surface area (Å²) in [6, 6.07) is 18.4. The molecule has 0 aliphatic heterocycles. The van der Waals surface area contributed by atoms with Gasteiger partial charge in [-0.3, -0.25) is 0 Å². The van der Waals surface area contributed by atoms with Crippen LogP contribution in [0.25, 0.3) is 10.4 Å². The van der Waals surface area contributed by atoms with Gasteiger partial charge in [0.2, 0.25) is 0 Å². The molecule has 2 aliphatic carbocycles. The molecular weight excluding hydrogens is 448 g/mol. The van der Waals surface area contributed by atoms with Gasteiger partial charge in [-0.25, -0.2) is 0 Å². The van der Waals surface area contributed by atoms with Gasteiger partial charge >= 0.3 is 181 Å². The minimum atomic E-state index is -2.06. The number of benzene rings is 2. The first-order valence-corrected chi connectivity index (χ1v) is 22.0. The molecule has 2 unspecified atom stereocenters. The molecule has 144 valence electrons. The van der Waals surface area contributed by atoms with Crippen molar-refractivity contribution in [1.29, 1.82) is 0 Å². The van der Waals surface area contributed by atoms with Crippen LogP contribution in [-0.2, 0) is 21.3 Å². The molecule has 0 spiro atoms. The van der Waals surface area contributed by atoms with E-state index in [-0.39, 0.29) is 0 Å². The van der Waals surface area contributed by atoms with Crippen LogP contribution in [0.15, 0.2) is 60.7 Å². The maximum absolute atomic E-state index is 4.97. The van der Waals surface area contributed by atoms with Crippen LogP contribution in [0.4, 0.5) is 0 Å². The summed E-state index contributed by atoms with van der Waals surface area (Å²) in [6.45, 7) is 14.9. The van der Waals surface area contributed by atoms with E-state index >= 15 is 0 Å². The van der Waals surface area contributed by atoms with Gasteiger partial charge in [0, 0.05) is 0 Å². The zero-order valence-electron chi connectivity index (χ0n) is 18.1. The van der Waals surface area contributed by atoms with Crippen LogP contribution in [0.2, 0.25) is 39.3 Å². The van der Waals surface area contributed by atoms with Crippen LogP contribution < -0.4 is 0 Å². The van der Waals surface area contributed by atoms with Gasteiger partial charge in [0.1, 0.15) is 0 Å². The first-order valence-electron chi connectivity index (χ1n) is 10.4. The second-order valence-corrected chi connectivity index (χ2v) is 26.3. The van der Waals surface area contributed by atoms with E-state index in [0.29, 0.717) is 7.25 Å². The van der Waals surface area contributed by atoms with Gasteiger partial charge in [0.05, 0.1) is 0 Å². The number of hydrogen-bond acceptors (Lipinski definition) is 0. The number of allylic oxidation sites excluding steroid dienone is 2. The van der Waals surface area contributed by atoms with Gasteiger partial charge in [-0.1, -0.05) is 0 Å².